The van der Waals surface area contributed by atoms with Crippen LogP contribution in [0.1, 0.15) is 31.4 Å². The Bertz CT molecular complexity index is 418. The maximum absolute atomic E-state index is 11.2. The number of amides is 1. The van der Waals surface area contributed by atoms with Gasteiger partial charge in [-0.05, 0) is 24.1 Å². The first-order valence-corrected chi connectivity index (χ1v) is 6.55. The molecular weight excluding hydrogens is 246 g/mol. The molecule has 0 aliphatic carbocycles. The molecular formula is C14H19NO4. The van der Waals surface area contributed by atoms with E-state index in [9.17, 15) is 9.90 Å². The van der Waals surface area contributed by atoms with Crippen molar-refractivity contribution < 1.29 is 19.4 Å². The number of carbonyl (C=O) groups is 1. The number of aliphatic hydroxyl groups is 1. The van der Waals surface area contributed by atoms with Crippen LogP contribution in [0.3, 0.4) is 0 Å². The number of nitrogens with one attached hydrogen (secondary N) is 1. The highest BCUT2D eigenvalue weighted by Crippen LogP contribution is 2.26. The fourth-order valence-corrected chi connectivity index (χ4v) is 2.01. The summed E-state index contributed by atoms with van der Waals surface area (Å²) < 4.78 is 10.5. The highest BCUT2D eigenvalue weighted by molar-refractivity contribution is 5.70. The van der Waals surface area contributed by atoms with Crippen molar-refractivity contribution in [2.75, 3.05) is 13.2 Å². The normalized spacial score (nSPS) is 21.9. The van der Waals surface area contributed by atoms with E-state index in [2.05, 4.69) is 12.2 Å². The highest BCUT2D eigenvalue weighted by atomic mass is 16.6. The van der Waals surface area contributed by atoms with Gasteiger partial charge in [-0.1, -0.05) is 25.5 Å². The lowest BCUT2D eigenvalue weighted by molar-refractivity contribution is 0.0829. The number of hydrogen-bond acceptors (Lipinski definition) is 4. The van der Waals surface area contributed by atoms with Crippen LogP contribution in [0, 0.1) is 0 Å². The van der Waals surface area contributed by atoms with Crippen molar-refractivity contribution in [2.45, 2.75) is 31.9 Å². The molecule has 0 spiro atoms. The lowest BCUT2D eigenvalue weighted by Gasteiger charge is -2.15. The molecule has 1 aliphatic heterocycles. The highest BCUT2D eigenvalue weighted by Gasteiger charge is 2.34. The second-order valence-electron chi connectivity index (χ2n) is 4.52. The molecule has 5 heteroatoms. The predicted octanol–water partition coefficient (Wildman–Crippen LogP) is 2.01. The van der Waals surface area contributed by atoms with Crippen molar-refractivity contribution in [3.05, 3.63) is 29.8 Å². The molecule has 1 aliphatic rings. The van der Waals surface area contributed by atoms with Crippen molar-refractivity contribution in [1.82, 2.24) is 5.32 Å². The zero-order chi connectivity index (χ0) is 13.7. The van der Waals surface area contributed by atoms with Crippen LogP contribution < -0.4 is 10.1 Å². The molecule has 2 atom stereocenters. The maximum atomic E-state index is 11.2. The Morgan fingerprint density at radius 1 is 1.37 bits per heavy atom. The van der Waals surface area contributed by atoms with E-state index in [1.165, 1.54) is 0 Å². The summed E-state index contributed by atoms with van der Waals surface area (Å²) in [4.78, 5) is 11.2. The van der Waals surface area contributed by atoms with Gasteiger partial charge >= 0.3 is 6.09 Å². The number of carbonyl (C=O) groups excluding carboxylic acids is 1. The first-order valence-electron chi connectivity index (χ1n) is 6.55. The van der Waals surface area contributed by atoms with Crippen LogP contribution >= 0.6 is 0 Å². The molecule has 0 aromatic heterocycles. The molecule has 2 rings (SSSR count). The number of alkyl carbamates (subject to hydrolysis) is 1. The first-order chi connectivity index (χ1) is 9.24. The molecule has 1 fully saturated rings. The van der Waals surface area contributed by atoms with Gasteiger partial charge < -0.3 is 19.9 Å². The summed E-state index contributed by atoms with van der Waals surface area (Å²) in [5.41, 5.74) is 0.896. The van der Waals surface area contributed by atoms with Crippen LogP contribution in [-0.2, 0) is 4.74 Å². The van der Waals surface area contributed by atoms with Gasteiger partial charge in [0.25, 0.3) is 0 Å². The fraction of sp³-hybridized carbons (Fsp3) is 0.500. The molecule has 0 radical (unpaired) electrons. The number of hydrogen-bond donors (Lipinski definition) is 2. The number of benzene rings is 1. The van der Waals surface area contributed by atoms with Crippen molar-refractivity contribution in [2.24, 2.45) is 0 Å². The largest absolute Gasteiger partial charge is 0.494 e. The Morgan fingerprint density at radius 3 is 2.74 bits per heavy atom. The Hall–Kier alpha value is -1.75. The molecule has 1 saturated heterocycles. The van der Waals surface area contributed by atoms with Crippen LogP contribution in [0.2, 0.25) is 0 Å². The van der Waals surface area contributed by atoms with Gasteiger partial charge in [-0.25, -0.2) is 4.79 Å². The maximum Gasteiger partial charge on any atom is 0.408 e. The zero-order valence-electron chi connectivity index (χ0n) is 11.0. The number of aliphatic hydroxyl groups excluding tert-OH is 1. The minimum absolute atomic E-state index is 0.196. The van der Waals surface area contributed by atoms with Crippen LogP contribution in [-0.4, -0.2) is 30.5 Å². The van der Waals surface area contributed by atoms with E-state index < -0.39 is 12.2 Å². The van der Waals surface area contributed by atoms with Crippen LogP contribution in [0.25, 0.3) is 0 Å². The number of cyclic esters (lactones) is 1. The second-order valence-corrected chi connectivity index (χ2v) is 4.52. The summed E-state index contributed by atoms with van der Waals surface area (Å²) in [5, 5.41) is 11.9. The summed E-state index contributed by atoms with van der Waals surface area (Å²) in [6, 6.07) is 7.18. The molecule has 2 N–H and O–H groups in total. The van der Waals surface area contributed by atoms with Gasteiger partial charge in [0.05, 0.1) is 19.3 Å². The minimum atomic E-state index is -0.528. The molecule has 5 nitrogen and oxygen atoms in total. The van der Waals surface area contributed by atoms with Gasteiger partial charge in [0, 0.05) is 0 Å². The van der Waals surface area contributed by atoms with E-state index in [4.69, 9.17) is 9.47 Å². The van der Waals surface area contributed by atoms with E-state index in [0.29, 0.717) is 6.61 Å². The second kappa shape index (κ2) is 6.43. The summed E-state index contributed by atoms with van der Waals surface area (Å²) in [6.45, 7) is 2.63. The molecule has 0 saturated carbocycles. The van der Waals surface area contributed by atoms with Gasteiger partial charge in [0.2, 0.25) is 0 Å². The van der Waals surface area contributed by atoms with Crippen LogP contribution in [0.15, 0.2) is 24.3 Å². The molecule has 1 heterocycles. The predicted molar refractivity (Wildman–Crippen MR) is 70.1 cm³/mol. The molecule has 104 valence electrons. The van der Waals surface area contributed by atoms with E-state index >= 15 is 0 Å². The molecule has 1 aromatic carbocycles. The SMILES string of the molecule is CCCCOc1ccc([C@H]2NC(=O)O[C@@H]2CO)cc1. The lowest BCUT2D eigenvalue weighted by atomic mass is 10.0. The summed E-state index contributed by atoms with van der Waals surface area (Å²) in [5.74, 6) is 0.808. The van der Waals surface area contributed by atoms with Crippen molar-refractivity contribution >= 4 is 6.09 Å². The molecule has 19 heavy (non-hydrogen) atoms. The Labute approximate surface area is 112 Å². The number of ether oxygens (including phenoxy) is 2. The minimum Gasteiger partial charge on any atom is -0.494 e. The third-order valence-corrected chi connectivity index (χ3v) is 3.09. The smallest absolute Gasteiger partial charge is 0.408 e. The molecule has 1 aromatic rings. The van der Waals surface area contributed by atoms with E-state index in [1.54, 1.807) is 0 Å². The topological polar surface area (TPSA) is 67.8 Å². The monoisotopic (exact) mass is 265 g/mol. The molecule has 1 amide bonds. The van der Waals surface area contributed by atoms with Gasteiger partial charge in [0.15, 0.2) is 6.10 Å². The van der Waals surface area contributed by atoms with Crippen molar-refractivity contribution in [3.8, 4) is 5.75 Å². The fourth-order valence-electron chi connectivity index (χ4n) is 2.01. The van der Waals surface area contributed by atoms with E-state index in [1.807, 2.05) is 24.3 Å². The van der Waals surface area contributed by atoms with Crippen LogP contribution in [0.5, 0.6) is 5.75 Å². The average molecular weight is 265 g/mol. The Balaban J connectivity index is 1.99. The lowest BCUT2D eigenvalue weighted by Crippen LogP contribution is -2.24. The number of unbranched alkanes of at least 4 members (excludes halogenated alkanes) is 1. The summed E-state index contributed by atoms with van der Waals surface area (Å²) >= 11 is 0. The van der Waals surface area contributed by atoms with Gasteiger partial charge in [0.1, 0.15) is 5.75 Å². The Kier molecular flexibility index (Phi) is 4.63. The third-order valence-electron chi connectivity index (χ3n) is 3.09. The van der Waals surface area contributed by atoms with Crippen molar-refractivity contribution in [3.63, 3.8) is 0 Å². The zero-order valence-corrected chi connectivity index (χ0v) is 11.0. The quantitative estimate of drug-likeness (QED) is 0.772. The first kappa shape index (κ1) is 13.7. The van der Waals surface area contributed by atoms with Crippen LogP contribution in [0.4, 0.5) is 4.79 Å². The molecule has 0 bridgehead atoms. The van der Waals surface area contributed by atoms with Gasteiger partial charge in [-0.3, -0.25) is 0 Å². The summed E-state index contributed by atoms with van der Waals surface area (Å²) in [6.07, 6.45) is 1.11. The third kappa shape index (κ3) is 3.38. The average Bonchev–Trinajstić information content (AvgIpc) is 2.81. The van der Waals surface area contributed by atoms with Gasteiger partial charge in [-0.2, -0.15) is 0 Å². The van der Waals surface area contributed by atoms with E-state index in [0.717, 1.165) is 24.2 Å². The standard InChI is InChI=1S/C14H19NO4/c1-2-3-8-18-11-6-4-10(5-7-11)13-12(9-16)19-14(17)15-13/h4-7,12-13,16H,2-3,8-9H2,1H3,(H,15,17)/t12-,13-/m1/s1. The summed E-state index contributed by atoms with van der Waals surface area (Å²) in [7, 11) is 0. The van der Waals surface area contributed by atoms with Crippen molar-refractivity contribution in [1.29, 1.82) is 0 Å². The van der Waals surface area contributed by atoms with E-state index in [-0.39, 0.29) is 12.6 Å². The van der Waals surface area contributed by atoms with Gasteiger partial charge in [-0.15, -0.1) is 0 Å². The number of rotatable bonds is 6. The Morgan fingerprint density at radius 2 is 2.11 bits per heavy atom. The molecule has 0 unspecified atom stereocenters.